The number of nitrogens with two attached hydrogens (primary N) is 2. The molecule has 0 spiro atoms. The molecule has 1 saturated carbocycles. The summed E-state index contributed by atoms with van der Waals surface area (Å²) >= 11 is 0. The molecule has 0 radical (unpaired) electrons. The van der Waals surface area contributed by atoms with Gasteiger partial charge in [0.05, 0.1) is 5.66 Å². The van der Waals surface area contributed by atoms with Crippen LogP contribution < -0.4 is 11.5 Å². The molecule has 0 atom stereocenters. The Kier molecular flexibility index (Phi) is 2.69. The van der Waals surface area contributed by atoms with Crippen molar-refractivity contribution in [3.8, 4) is 0 Å². The Labute approximate surface area is 72.2 Å². The van der Waals surface area contributed by atoms with Crippen LogP contribution in [0, 0.1) is 0 Å². The van der Waals surface area contributed by atoms with E-state index in [1.165, 1.54) is 6.92 Å². The van der Waals surface area contributed by atoms with E-state index >= 15 is 0 Å². The fraction of sp³-hybridized carbons (Fsp3) is 0.875. The molecule has 4 nitrogen and oxygen atoms in total. The van der Waals surface area contributed by atoms with Crippen molar-refractivity contribution < 1.29 is 9.53 Å². The average Bonchev–Trinajstić information content (AvgIpc) is 1.93. The molecule has 1 aliphatic carbocycles. The summed E-state index contributed by atoms with van der Waals surface area (Å²) < 4.78 is 5.03. The van der Waals surface area contributed by atoms with Crippen molar-refractivity contribution in [2.45, 2.75) is 44.4 Å². The third-order valence-corrected chi connectivity index (χ3v) is 2.20. The number of hydrogen-bond donors (Lipinski definition) is 2. The molecule has 0 bridgehead atoms. The van der Waals surface area contributed by atoms with Crippen molar-refractivity contribution >= 4 is 5.97 Å². The summed E-state index contributed by atoms with van der Waals surface area (Å²) in [5.74, 6) is -0.221. The van der Waals surface area contributed by atoms with E-state index in [9.17, 15) is 4.79 Å². The third-order valence-electron chi connectivity index (χ3n) is 2.20. The Balaban J connectivity index is 2.31. The Hall–Kier alpha value is -0.610. The van der Waals surface area contributed by atoms with Crippen LogP contribution >= 0.6 is 0 Å². The van der Waals surface area contributed by atoms with Crippen molar-refractivity contribution in [2.24, 2.45) is 11.5 Å². The van der Waals surface area contributed by atoms with E-state index in [1.54, 1.807) is 0 Å². The maximum Gasteiger partial charge on any atom is 0.302 e. The van der Waals surface area contributed by atoms with E-state index < -0.39 is 5.66 Å². The van der Waals surface area contributed by atoms with Crippen molar-refractivity contribution in [1.82, 2.24) is 0 Å². The largest absolute Gasteiger partial charge is 0.463 e. The van der Waals surface area contributed by atoms with Crippen LogP contribution in [0.25, 0.3) is 0 Å². The molecule has 70 valence electrons. The summed E-state index contributed by atoms with van der Waals surface area (Å²) in [5, 5.41) is 0. The molecular weight excluding hydrogens is 156 g/mol. The van der Waals surface area contributed by atoms with E-state index in [1.807, 2.05) is 0 Å². The molecule has 1 fully saturated rings. The van der Waals surface area contributed by atoms with Crippen LogP contribution in [0.4, 0.5) is 0 Å². The van der Waals surface area contributed by atoms with Gasteiger partial charge in [-0.1, -0.05) is 0 Å². The summed E-state index contributed by atoms with van der Waals surface area (Å²) in [6.45, 7) is 1.42. The van der Waals surface area contributed by atoms with E-state index in [-0.39, 0.29) is 12.1 Å². The average molecular weight is 172 g/mol. The first-order valence-corrected chi connectivity index (χ1v) is 4.24. The third kappa shape index (κ3) is 2.79. The molecule has 0 aromatic heterocycles. The first-order chi connectivity index (χ1) is 5.49. The van der Waals surface area contributed by atoms with Gasteiger partial charge in [-0.2, -0.15) is 0 Å². The van der Waals surface area contributed by atoms with Gasteiger partial charge in [0, 0.05) is 6.92 Å². The fourth-order valence-electron chi connectivity index (χ4n) is 1.48. The van der Waals surface area contributed by atoms with Crippen molar-refractivity contribution in [2.75, 3.05) is 0 Å². The summed E-state index contributed by atoms with van der Waals surface area (Å²) in [5.41, 5.74) is 10.9. The minimum absolute atomic E-state index is 0.0303. The summed E-state index contributed by atoms with van der Waals surface area (Å²) in [4.78, 5) is 10.6. The fourth-order valence-corrected chi connectivity index (χ4v) is 1.48. The lowest BCUT2D eigenvalue weighted by atomic mass is 9.88. The van der Waals surface area contributed by atoms with Crippen molar-refractivity contribution in [1.29, 1.82) is 0 Å². The normalized spacial score (nSPS) is 23.6. The van der Waals surface area contributed by atoms with E-state index in [2.05, 4.69) is 0 Å². The lowest BCUT2D eigenvalue weighted by Gasteiger charge is -2.33. The molecule has 4 N–H and O–H groups in total. The molecule has 1 rings (SSSR count). The van der Waals surface area contributed by atoms with Crippen LogP contribution in [0.1, 0.15) is 32.6 Å². The highest BCUT2D eigenvalue weighted by atomic mass is 16.5. The first-order valence-electron chi connectivity index (χ1n) is 4.24. The molecule has 0 heterocycles. The van der Waals surface area contributed by atoms with Crippen LogP contribution in [0.3, 0.4) is 0 Å². The van der Waals surface area contributed by atoms with Crippen LogP contribution in [0.15, 0.2) is 0 Å². The minimum Gasteiger partial charge on any atom is -0.463 e. The zero-order chi connectivity index (χ0) is 9.19. The molecule has 0 saturated heterocycles. The number of ether oxygens (including phenoxy) is 1. The zero-order valence-electron chi connectivity index (χ0n) is 7.38. The quantitative estimate of drug-likeness (QED) is 0.434. The Bertz CT molecular complexity index is 170. The van der Waals surface area contributed by atoms with Crippen molar-refractivity contribution in [3.05, 3.63) is 0 Å². The van der Waals surface area contributed by atoms with Gasteiger partial charge in [0.25, 0.3) is 0 Å². The predicted molar refractivity (Wildman–Crippen MR) is 45.1 cm³/mol. The molecule has 1 aliphatic rings. The molecule has 4 heteroatoms. The van der Waals surface area contributed by atoms with Crippen LogP contribution in [-0.4, -0.2) is 17.7 Å². The number of carbonyl (C=O) groups excluding carboxylic acids is 1. The molecule has 12 heavy (non-hydrogen) atoms. The highest BCUT2D eigenvalue weighted by Gasteiger charge is 2.28. The second kappa shape index (κ2) is 3.41. The SMILES string of the molecule is CC(=O)OC1CCC(N)(N)CC1. The molecule has 0 aliphatic heterocycles. The van der Waals surface area contributed by atoms with Gasteiger partial charge < -0.3 is 16.2 Å². The summed E-state index contributed by atoms with van der Waals surface area (Å²) in [6, 6.07) is 0. The lowest BCUT2D eigenvalue weighted by Crippen LogP contribution is -2.52. The zero-order valence-corrected chi connectivity index (χ0v) is 7.38. The predicted octanol–water partition coefficient (Wildman–Crippen LogP) is 0.106. The Morgan fingerprint density at radius 2 is 1.92 bits per heavy atom. The van der Waals surface area contributed by atoms with Crippen molar-refractivity contribution in [3.63, 3.8) is 0 Å². The van der Waals surface area contributed by atoms with E-state index in [4.69, 9.17) is 16.2 Å². The molecule has 0 aromatic carbocycles. The topological polar surface area (TPSA) is 78.3 Å². The first kappa shape index (κ1) is 9.48. The summed E-state index contributed by atoms with van der Waals surface area (Å²) in [6.07, 6.45) is 3.05. The van der Waals surface area contributed by atoms with Gasteiger partial charge in [0.15, 0.2) is 0 Å². The van der Waals surface area contributed by atoms with E-state index in [0.29, 0.717) is 0 Å². The number of esters is 1. The highest BCUT2D eigenvalue weighted by Crippen LogP contribution is 2.24. The Morgan fingerprint density at radius 1 is 1.42 bits per heavy atom. The van der Waals surface area contributed by atoms with Gasteiger partial charge in [-0.25, -0.2) is 0 Å². The van der Waals surface area contributed by atoms with Gasteiger partial charge in [0.1, 0.15) is 6.10 Å². The Morgan fingerprint density at radius 3 is 2.33 bits per heavy atom. The summed E-state index contributed by atoms with van der Waals surface area (Å²) in [7, 11) is 0. The minimum atomic E-state index is -0.545. The molecule has 0 unspecified atom stereocenters. The maximum absolute atomic E-state index is 10.6. The van der Waals surface area contributed by atoms with Gasteiger partial charge in [0.2, 0.25) is 0 Å². The van der Waals surface area contributed by atoms with E-state index in [0.717, 1.165) is 25.7 Å². The number of rotatable bonds is 1. The molecular formula is C8H16N2O2. The monoisotopic (exact) mass is 172 g/mol. The second-order valence-corrected chi connectivity index (χ2v) is 3.54. The maximum atomic E-state index is 10.6. The highest BCUT2D eigenvalue weighted by molar-refractivity contribution is 5.66. The number of carbonyl (C=O) groups is 1. The van der Waals surface area contributed by atoms with Gasteiger partial charge >= 0.3 is 5.97 Å². The van der Waals surface area contributed by atoms with Gasteiger partial charge in [-0.05, 0) is 25.7 Å². The van der Waals surface area contributed by atoms with Gasteiger partial charge in [-0.3, -0.25) is 4.79 Å². The van der Waals surface area contributed by atoms with Crippen LogP contribution in [0.5, 0.6) is 0 Å². The number of hydrogen-bond acceptors (Lipinski definition) is 4. The molecule has 0 aromatic rings. The lowest BCUT2D eigenvalue weighted by molar-refractivity contribution is -0.148. The molecule has 0 amide bonds. The smallest absolute Gasteiger partial charge is 0.302 e. The van der Waals surface area contributed by atoms with Crippen LogP contribution in [0.2, 0.25) is 0 Å². The van der Waals surface area contributed by atoms with Gasteiger partial charge in [-0.15, -0.1) is 0 Å². The second-order valence-electron chi connectivity index (χ2n) is 3.54. The van der Waals surface area contributed by atoms with Crippen LogP contribution in [-0.2, 0) is 9.53 Å². The standard InChI is InChI=1S/C8H16N2O2/c1-6(11)12-7-2-4-8(9,10)5-3-7/h7H,2-5,9-10H2,1H3.